The molecule has 0 spiro atoms. The number of rotatable bonds is 3. The zero-order valence-corrected chi connectivity index (χ0v) is 13.2. The summed E-state index contributed by atoms with van der Waals surface area (Å²) < 4.78 is 5.75. The van der Waals surface area contributed by atoms with Crippen LogP contribution in [-0.2, 0) is 6.42 Å². The first-order chi connectivity index (χ1) is 12.2. The molecule has 2 N–H and O–H groups in total. The van der Waals surface area contributed by atoms with E-state index in [1.165, 1.54) is 0 Å². The SMILES string of the molecule is N#CCc1ccc(-c2cnc(N)c(-c3nc4ccccc4o3)n2)cc1. The van der Waals surface area contributed by atoms with Gasteiger partial charge in [-0.3, -0.25) is 0 Å². The molecule has 0 saturated carbocycles. The highest BCUT2D eigenvalue weighted by Crippen LogP contribution is 2.28. The van der Waals surface area contributed by atoms with E-state index < -0.39 is 0 Å². The fourth-order valence-electron chi connectivity index (χ4n) is 2.55. The van der Waals surface area contributed by atoms with Crippen molar-refractivity contribution in [3.8, 4) is 28.9 Å². The van der Waals surface area contributed by atoms with Crippen molar-refractivity contribution < 1.29 is 4.42 Å². The second-order valence-corrected chi connectivity index (χ2v) is 5.51. The molecule has 2 aromatic heterocycles. The zero-order valence-electron chi connectivity index (χ0n) is 13.2. The van der Waals surface area contributed by atoms with Crippen molar-refractivity contribution in [3.05, 3.63) is 60.3 Å². The Balaban J connectivity index is 1.77. The lowest BCUT2D eigenvalue weighted by Gasteiger charge is -2.05. The van der Waals surface area contributed by atoms with Gasteiger partial charge in [0.1, 0.15) is 5.52 Å². The number of nitriles is 1. The van der Waals surface area contributed by atoms with Gasteiger partial charge in [-0.1, -0.05) is 36.4 Å². The number of hydrogen-bond acceptors (Lipinski definition) is 6. The molecular formula is C19H13N5O. The molecule has 4 rings (SSSR count). The summed E-state index contributed by atoms with van der Waals surface area (Å²) >= 11 is 0. The predicted molar refractivity (Wildman–Crippen MR) is 94.2 cm³/mol. The highest BCUT2D eigenvalue weighted by Gasteiger charge is 2.15. The van der Waals surface area contributed by atoms with Crippen LogP contribution in [0.2, 0.25) is 0 Å². The number of benzene rings is 2. The molecule has 0 aliphatic heterocycles. The van der Waals surface area contributed by atoms with Crippen molar-refractivity contribution in [1.29, 1.82) is 5.26 Å². The third-order valence-corrected chi connectivity index (χ3v) is 3.83. The van der Waals surface area contributed by atoms with Gasteiger partial charge in [-0.2, -0.15) is 5.26 Å². The van der Waals surface area contributed by atoms with Gasteiger partial charge in [0.15, 0.2) is 17.1 Å². The third kappa shape index (κ3) is 2.79. The summed E-state index contributed by atoms with van der Waals surface area (Å²) in [5.41, 5.74) is 10.3. The highest BCUT2D eigenvalue weighted by atomic mass is 16.3. The topological polar surface area (TPSA) is 102 Å². The van der Waals surface area contributed by atoms with Gasteiger partial charge in [0.2, 0.25) is 5.89 Å². The van der Waals surface area contributed by atoms with Gasteiger partial charge in [-0.25, -0.2) is 15.0 Å². The normalized spacial score (nSPS) is 10.7. The standard InChI is InChI=1S/C19H13N5O/c20-10-9-12-5-7-13(8-6-12)15-11-22-18(21)17(23-15)19-24-14-3-1-2-4-16(14)25-19/h1-8,11H,9H2,(H2,21,22). The van der Waals surface area contributed by atoms with Crippen LogP contribution in [0.3, 0.4) is 0 Å². The average Bonchev–Trinajstić information content (AvgIpc) is 3.07. The van der Waals surface area contributed by atoms with E-state index in [4.69, 9.17) is 15.4 Å². The summed E-state index contributed by atoms with van der Waals surface area (Å²) in [5, 5.41) is 8.76. The summed E-state index contributed by atoms with van der Waals surface area (Å²) in [6, 6.07) is 17.2. The number of para-hydroxylation sites is 2. The fraction of sp³-hybridized carbons (Fsp3) is 0.0526. The second-order valence-electron chi connectivity index (χ2n) is 5.51. The quantitative estimate of drug-likeness (QED) is 0.617. The van der Waals surface area contributed by atoms with Gasteiger partial charge in [0.05, 0.1) is 24.4 Å². The Morgan fingerprint density at radius 3 is 2.60 bits per heavy atom. The summed E-state index contributed by atoms with van der Waals surface area (Å²) in [4.78, 5) is 13.2. The minimum absolute atomic E-state index is 0.261. The van der Waals surface area contributed by atoms with Crippen molar-refractivity contribution in [2.75, 3.05) is 5.73 Å². The van der Waals surface area contributed by atoms with E-state index in [-0.39, 0.29) is 5.82 Å². The van der Waals surface area contributed by atoms with Gasteiger partial charge < -0.3 is 10.2 Å². The summed E-state index contributed by atoms with van der Waals surface area (Å²) in [6.45, 7) is 0. The Kier molecular flexibility index (Phi) is 3.60. The molecule has 0 radical (unpaired) electrons. The molecule has 25 heavy (non-hydrogen) atoms. The molecule has 0 fully saturated rings. The molecule has 0 atom stereocenters. The number of nitrogens with two attached hydrogens (primary N) is 1. The smallest absolute Gasteiger partial charge is 0.250 e. The molecule has 6 nitrogen and oxygen atoms in total. The number of anilines is 1. The van der Waals surface area contributed by atoms with Crippen LogP contribution in [-0.4, -0.2) is 15.0 Å². The lowest BCUT2D eigenvalue weighted by molar-refractivity contribution is 0.617. The van der Waals surface area contributed by atoms with Gasteiger partial charge >= 0.3 is 0 Å². The Hall–Kier alpha value is -3.72. The third-order valence-electron chi connectivity index (χ3n) is 3.83. The van der Waals surface area contributed by atoms with Crippen molar-refractivity contribution in [2.24, 2.45) is 0 Å². The molecule has 2 heterocycles. The fourth-order valence-corrected chi connectivity index (χ4v) is 2.55. The lowest BCUT2D eigenvalue weighted by Crippen LogP contribution is -1.99. The van der Waals surface area contributed by atoms with E-state index in [0.717, 1.165) is 16.6 Å². The van der Waals surface area contributed by atoms with E-state index >= 15 is 0 Å². The van der Waals surface area contributed by atoms with Crippen LogP contribution in [0.4, 0.5) is 5.82 Å². The summed E-state index contributed by atoms with van der Waals surface area (Å²) in [6.07, 6.45) is 1.99. The van der Waals surface area contributed by atoms with Crippen molar-refractivity contribution in [3.63, 3.8) is 0 Å². The zero-order chi connectivity index (χ0) is 17.2. The Morgan fingerprint density at radius 1 is 1.04 bits per heavy atom. The first-order valence-electron chi connectivity index (χ1n) is 7.69. The van der Waals surface area contributed by atoms with Crippen LogP contribution in [0.25, 0.3) is 33.9 Å². The number of nitrogens with zero attached hydrogens (tertiary/aromatic N) is 4. The van der Waals surface area contributed by atoms with E-state index in [1.807, 2.05) is 48.5 Å². The Labute approximate surface area is 143 Å². The molecule has 4 aromatic rings. The van der Waals surface area contributed by atoms with E-state index in [1.54, 1.807) is 6.20 Å². The largest absolute Gasteiger partial charge is 0.435 e. The maximum Gasteiger partial charge on any atom is 0.250 e. The molecule has 0 bridgehead atoms. The number of aromatic nitrogens is 3. The average molecular weight is 327 g/mol. The van der Waals surface area contributed by atoms with Crippen LogP contribution in [0.1, 0.15) is 5.56 Å². The van der Waals surface area contributed by atoms with Crippen molar-refractivity contribution in [2.45, 2.75) is 6.42 Å². The molecule has 6 heteroatoms. The molecule has 120 valence electrons. The van der Waals surface area contributed by atoms with Gasteiger partial charge in [-0.05, 0) is 17.7 Å². The maximum absolute atomic E-state index is 8.76. The molecule has 0 saturated heterocycles. The molecule has 0 unspecified atom stereocenters. The molecule has 0 amide bonds. The van der Waals surface area contributed by atoms with Crippen LogP contribution < -0.4 is 5.73 Å². The van der Waals surface area contributed by atoms with Crippen LogP contribution in [0, 0.1) is 11.3 Å². The minimum atomic E-state index is 0.261. The van der Waals surface area contributed by atoms with Gasteiger partial charge in [-0.15, -0.1) is 0 Å². The van der Waals surface area contributed by atoms with Crippen LogP contribution >= 0.6 is 0 Å². The number of oxazole rings is 1. The van der Waals surface area contributed by atoms with Gasteiger partial charge in [0.25, 0.3) is 0 Å². The molecule has 0 aliphatic carbocycles. The first-order valence-corrected chi connectivity index (χ1v) is 7.69. The van der Waals surface area contributed by atoms with Gasteiger partial charge in [0, 0.05) is 5.56 Å². The van der Waals surface area contributed by atoms with Crippen molar-refractivity contribution >= 4 is 16.9 Å². The molecule has 2 aromatic carbocycles. The summed E-state index contributed by atoms with van der Waals surface area (Å²) in [5.74, 6) is 0.602. The second kappa shape index (κ2) is 6.06. The van der Waals surface area contributed by atoms with Crippen molar-refractivity contribution in [1.82, 2.24) is 15.0 Å². The van der Waals surface area contributed by atoms with Crippen LogP contribution in [0.5, 0.6) is 0 Å². The summed E-state index contributed by atoms with van der Waals surface area (Å²) in [7, 11) is 0. The Morgan fingerprint density at radius 2 is 1.84 bits per heavy atom. The van der Waals surface area contributed by atoms with Crippen LogP contribution in [0.15, 0.2) is 59.1 Å². The lowest BCUT2D eigenvalue weighted by atomic mass is 10.1. The Bertz CT molecular complexity index is 1060. The first kappa shape index (κ1) is 14.8. The number of nitrogen functional groups attached to an aromatic ring is 1. The van der Waals surface area contributed by atoms with E-state index in [9.17, 15) is 0 Å². The number of hydrogen-bond donors (Lipinski definition) is 1. The van der Waals surface area contributed by atoms with E-state index in [0.29, 0.717) is 29.3 Å². The molecular weight excluding hydrogens is 314 g/mol. The highest BCUT2D eigenvalue weighted by molar-refractivity contribution is 5.78. The van der Waals surface area contributed by atoms with E-state index in [2.05, 4.69) is 21.0 Å². The minimum Gasteiger partial charge on any atom is -0.435 e. The maximum atomic E-state index is 8.76. The number of fused-ring (bicyclic) bond motifs is 1. The molecule has 0 aliphatic rings. The predicted octanol–water partition coefficient (Wildman–Crippen LogP) is 3.60. The monoisotopic (exact) mass is 327 g/mol.